The van der Waals surface area contributed by atoms with Gasteiger partial charge in [-0.3, -0.25) is 9.48 Å². The molecule has 1 rings (SSSR count). The molecule has 11 heavy (non-hydrogen) atoms. The molecular weight excluding hydrogens is 166 g/mol. The summed E-state index contributed by atoms with van der Waals surface area (Å²) in [4.78, 5) is 14.2. The average molecular weight is 174 g/mol. The van der Waals surface area contributed by atoms with Crippen molar-refractivity contribution in [3.05, 3.63) is 11.6 Å². The first-order valence-electron chi connectivity index (χ1n) is 3.23. The van der Waals surface area contributed by atoms with E-state index in [1.54, 1.807) is 11.6 Å². The van der Waals surface area contributed by atoms with Crippen molar-refractivity contribution in [2.24, 2.45) is 0 Å². The molecule has 5 heteroatoms. The number of hydrogen-bond acceptors (Lipinski definition) is 3. The van der Waals surface area contributed by atoms with E-state index in [1.807, 2.05) is 0 Å². The molecule has 1 heterocycles. The summed E-state index contributed by atoms with van der Waals surface area (Å²) in [6.45, 7) is 2.09. The summed E-state index contributed by atoms with van der Waals surface area (Å²) in [5.41, 5.74) is 0. The number of carbonyl (C=O) groups excluding carboxylic acids is 1. The molecule has 1 aromatic rings. The molecule has 0 aromatic carbocycles. The largest absolute Gasteiger partial charge is 0.300 e. The van der Waals surface area contributed by atoms with Crippen molar-refractivity contribution in [3.63, 3.8) is 0 Å². The lowest BCUT2D eigenvalue weighted by molar-refractivity contribution is -0.117. The Labute approximate surface area is 69.2 Å². The van der Waals surface area contributed by atoms with Crippen molar-refractivity contribution < 1.29 is 4.79 Å². The van der Waals surface area contributed by atoms with Crippen molar-refractivity contribution in [1.29, 1.82) is 0 Å². The number of Topliss-reactive ketones (excluding diaryl/α,β-unsaturated/α-hetero) is 1. The van der Waals surface area contributed by atoms with Gasteiger partial charge in [0.15, 0.2) is 0 Å². The molecule has 0 unspecified atom stereocenters. The van der Waals surface area contributed by atoms with Crippen LogP contribution in [0, 0.1) is 0 Å². The molecule has 0 N–H and O–H groups in total. The van der Waals surface area contributed by atoms with E-state index < -0.39 is 0 Å². The van der Waals surface area contributed by atoms with Crippen molar-refractivity contribution in [2.75, 3.05) is 0 Å². The van der Waals surface area contributed by atoms with Crippen molar-refractivity contribution >= 4 is 17.4 Å². The van der Waals surface area contributed by atoms with Crippen LogP contribution in [-0.2, 0) is 11.3 Å². The van der Waals surface area contributed by atoms with Gasteiger partial charge in [-0.2, -0.15) is 0 Å². The summed E-state index contributed by atoms with van der Waals surface area (Å²) in [5, 5.41) is 4.02. The smallest absolute Gasteiger partial charge is 0.242 e. The zero-order valence-electron chi connectivity index (χ0n) is 6.12. The normalized spacial score (nSPS) is 10.0. The van der Waals surface area contributed by atoms with E-state index in [1.165, 1.54) is 6.33 Å². The number of carbonyl (C=O) groups is 1. The second kappa shape index (κ2) is 3.48. The summed E-state index contributed by atoms with van der Waals surface area (Å²) >= 11 is 5.45. The predicted molar refractivity (Wildman–Crippen MR) is 40.3 cm³/mol. The summed E-state index contributed by atoms with van der Waals surface area (Å²) in [7, 11) is 0. The second-order valence-electron chi connectivity index (χ2n) is 2.23. The van der Waals surface area contributed by atoms with Crippen LogP contribution in [0.2, 0.25) is 5.28 Å². The Balaban J connectivity index is 2.45. The fourth-order valence-electron chi connectivity index (χ4n) is 0.652. The predicted octanol–water partition coefficient (Wildman–Crippen LogP) is 0.911. The van der Waals surface area contributed by atoms with Crippen molar-refractivity contribution in [1.82, 2.24) is 14.8 Å². The Kier molecular flexibility index (Phi) is 2.59. The highest BCUT2D eigenvalue weighted by Crippen LogP contribution is 1.97. The third-order valence-corrected chi connectivity index (χ3v) is 1.37. The van der Waals surface area contributed by atoms with E-state index in [0.29, 0.717) is 13.0 Å². The minimum atomic E-state index is 0.136. The number of hydrogen-bond donors (Lipinski definition) is 0. The van der Waals surface area contributed by atoms with Gasteiger partial charge in [0.2, 0.25) is 5.28 Å². The molecule has 0 radical (unpaired) electrons. The van der Waals surface area contributed by atoms with Crippen LogP contribution >= 0.6 is 11.6 Å². The fraction of sp³-hybridized carbons (Fsp3) is 0.500. The van der Waals surface area contributed by atoms with E-state index in [4.69, 9.17) is 11.6 Å². The quantitative estimate of drug-likeness (QED) is 0.683. The Bertz CT molecular complexity index is 258. The van der Waals surface area contributed by atoms with Gasteiger partial charge in [-0.15, -0.1) is 5.10 Å². The number of halogens is 1. The maximum atomic E-state index is 10.5. The standard InChI is InChI=1S/C6H8ClN3O/c1-5(11)2-3-10-4-8-6(7)9-10/h4H,2-3H2,1H3. The molecule has 0 amide bonds. The Morgan fingerprint density at radius 1 is 1.82 bits per heavy atom. The molecule has 0 aliphatic carbocycles. The molecule has 60 valence electrons. The van der Waals surface area contributed by atoms with Crippen LogP contribution in [-0.4, -0.2) is 20.5 Å². The average Bonchev–Trinajstić information content (AvgIpc) is 2.31. The zero-order chi connectivity index (χ0) is 8.27. The van der Waals surface area contributed by atoms with Gasteiger partial charge in [0.25, 0.3) is 0 Å². The van der Waals surface area contributed by atoms with Crippen LogP contribution in [0.25, 0.3) is 0 Å². The van der Waals surface area contributed by atoms with Crippen molar-refractivity contribution in [2.45, 2.75) is 19.9 Å². The summed E-state index contributed by atoms with van der Waals surface area (Å²) in [6, 6.07) is 0. The molecule has 0 spiro atoms. The van der Waals surface area contributed by atoms with Crippen LogP contribution in [0.15, 0.2) is 6.33 Å². The zero-order valence-corrected chi connectivity index (χ0v) is 6.88. The topological polar surface area (TPSA) is 47.8 Å². The monoisotopic (exact) mass is 173 g/mol. The first kappa shape index (κ1) is 8.20. The van der Waals surface area contributed by atoms with Crippen LogP contribution < -0.4 is 0 Å². The van der Waals surface area contributed by atoms with Gasteiger partial charge in [0, 0.05) is 13.0 Å². The minimum absolute atomic E-state index is 0.136. The molecular formula is C6H8ClN3O. The summed E-state index contributed by atoms with van der Waals surface area (Å²) in [5.74, 6) is 0.136. The van der Waals surface area contributed by atoms with Gasteiger partial charge in [0.05, 0.1) is 0 Å². The molecule has 1 aromatic heterocycles. The maximum absolute atomic E-state index is 10.5. The number of rotatable bonds is 3. The molecule has 0 aliphatic heterocycles. The number of aryl methyl sites for hydroxylation is 1. The van der Waals surface area contributed by atoms with Gasteiger partial charge >= 0.3 is 0 Å². The fourth-order valence-corrected chi connectivity index (χ4v) is 0.792. The Morgan fingerprint density at radius 3 is 3.00 bits per heavy atom. The summed E-state index contributed by atoms with van der Waals surface area (Å²) < 4.78 is 1.55. The van der Waals surface area contributed by atoms with Gasteiger partial charge in [-0.05, 0) is 18.5 Å². The molecule has 0 fully saturated rings. The van der Waals surface area contributed by atoms with E-state index in [9.17, 15) is 4.79 Å². The Hall–Kier alpha value is -0.900. The SMILES string of the molecule is CC(=O)CCn1cnc(Cl)n1. The first-order valence-corrected chi connectivity index (χ1v) is 3.60. The van der Waals surface area contributed by atoms with E-state index >= 15 is 0 Å². The van der Waals surface area contributed by atoms with Crippen LogP contribution in [0.5, 0.6) is 0 Å². The molecule has 0 saturated heterocycles. The van der Waals surface area contributed by atoms with Gasteiger partial charge in [-0.1, -0.05) is 0 Å². The highest BCUT2D eigenvalue weighted by Gasteiger charge is 1.97. The third-order valence-electron chi connectivity index (χ3n) is 1.20. The van der Waals surface area contributed by atoms with Crippen LogP contribution in [0.3, 0.4) is 0 Å². The van der Waals surface area contributed by atoms with Crippen LogP contribution in [0.1, 0.15) is 13.3 Å². The lowest BCUT2D eigenvalue weighted by Gasteiger charge is -1.94. The highest BCUT2D eigenvalue weighted by molar-refractivity contribution is 6.28. The lowest BCUT2D eigenvalue weighted by Crippen LogP contribution is -2.02. The molecule has 0 atom stereocenters. The van der Waals surface area contributed by atoms with Gasteiger partial charge < -0.3 is 0 Å². The Morgan fingerprint density at radius 2 is 2.55 bits per heavy atom. The first-order chi connectivity index (χ1) is 5.18. The molecule has 4 nitrogen and oxygen atoms in total. The van der Waals surface area contributed by atoms with E-state index in [-0.39, 0.29) is 11.1 Å². The third kappa shape index (κ3) is 2.67. The summed E-state index contributed by atoms with van der Waals surface area (Å²) in [6.07, 6.45) is 1.98. The lowest BCUT2D eigenvalue weighted by atomic mass is 10.3. The molecule has 0 aliphatic rings. The highest BCUT2D eigenvalue weighted by atomic mass is 35.5. The number of aromatic nitrogens is 3. The van der Waals surface area contributed by atoms with E-state index in [2.05, 4.69) is 10.1 Å². The second-order valence-corrected chi connectivity index (χ2v) is 2.57. The van der Waals surface area contributed by atoms with Gasteiger partial charge in [-0.25, -0.2) is 4.98 Å². The molecule has 0 bridgehead atoms. The number of nitrogens with zero attached hydrogens (tertiary/aromatic N) is 3. The van der Waals surface area contributed by atoms with Gasteiger partial charge in [0.1, 0.15) is 12.1 Å². The number of ketones is 1. The van der Waals surface area contributed by atoms with E-state index in [0.717, 1.165) is 0 Å². The minimum Gasteiger partial charge on any atom is -0.300 e. The van der Waals surface area contributed by atoms with Crippen LogP contribution in [0.4, 0.5) is 0 Å². The maximum Gasteiger partial charge on any atom is 0.242 e. The molecule has 0 saturated carbocycles. The van der Waals surface area contributed by atoms with Crippen molar-refractivity contribution in [3.8, 4) is 0 Å².